The van der Waals surface area contributed by atoms with Gasteiger partial charge in [-0.3, -0.25) is 4.79 Å². The van der Waals surface area contributed by atoms with Crippen LogP contribution in [-0.2, 0) is 6.67 Å². The van der Waals surface area contributed by atoms with Crippen LogP contribution in [0.15, 0.2) is 4.47 Å². The number of carbonyl (C=O) groups excluding carboxylic acids is 1. The lowest BCUT2D eigenvalue weighted by molar-refractivity contribution is 0.0808. The third kappa shape index (κ3) is 0.781. The summed E-state index contributed by atoms with van der Waals surface area (Å²) in [6.07, 6.45) is 0. The zero-order chi connectivity index (χ0) is 8.88. The summed E-state index contributed by atoms with van der Waals surface area (Å²) < 4.78 is 2.18. The number of halogens is 1. The van der Waals surface area contributed by atoms with Crippen LogP contribution in [0.1, 0.15) is 10.5 Å². The number of hydrogen-bond acceptors (Lipinski definition) is 3. The minimum absolute atomic E-state index is 0.0499. The van der Waals surface area contributed by atoms with Gasteiger partial charge in [0, 0.05) is 7.05 Å². The third-order valence-corrected chi connectivity index (χ3v) is 2.60. The minimum Gasteiger partial charge on any atom is -0.381 e. The minimum atomic E-state index is -0.0499. The zero-order valence-electron chi connectivity index (χ0n) is 6.41. The fourth-order valence-electron chi connectivity index (χ4n) is 1.21. The Kier molecular flexibility index (Phi) is 1.41. The SMILES string of the molecule is CN1Cn2nc(N)c(Br)c2C1=O. The van der Waals surface area contributed by atoms with Gasteiger partial charge in [-0.05, 0) is 15.9 Å². The van der Waals surface area contributed by atoms with Crippen LogP contribution in [0.4, 0.5) is 5.82 Å². The van der Waals surface area contributed by atoms with Crippen LogP contribution in [0.5, 0.6) is 0 Å². The van der Waals surface area contributed by atoms with Gasteiger partial charge >= 0.3 is 0 Å². The first-order valence-electron chi connectivity index (χ1n) is 3.38. The summed E-state index contributed by atoms with van der Waals surface area (Å²) >= 11 is 3.21. The van der Waals surface area contributed by atoms with Gasteiger partial charge in [-0.1, -0.05) is 0 Å². The molecule has 1 aliphatic heterocycles. The highest BCUT2D eigenvalue weighted by molar-refractivity contribution is 9.10. The molecule has 0 unspecified atom stereocenters. The molecular formula is C6H7BrN4O. The van der Waals surface area contributed by atoms with E-state index in [1.165, 1.54) is 0 Å². The van der Waals surface area contributed by atoms with Crippen LogP contribution < -0.4 is 5.73 Å². The molecule has 0 fully saturated rings. The van der Waals surface area contributed by atoms with E-state index in [2.05, 4.69) is 21.0 Å². The molecule has 2 heterocycles. The topological polar surface area (TPSA) is 64.2 Å². The predicted molar refractivity (Wildman–Crippen MR) is 46.4 cm³/mol. The van der Waals surface area contributed by atoms with E-state index in [-0.39, 0.29) is 5.91 Å². The van der Waals surface area contributed by atoms with Crippen molar-refractivity contribution in [3.8, 4) is 0 Å². The molecule has 0 bridgehead atoms. The quantitative estimate of drug-likeness (QED) is 0.697. The fraction of sp³-hybridized carbons (Fsp3) is 0.333. The van der Waals surface area contributed by atoms with Crippen molar-refractivity contribution < 1.29 is 4.79 Å². The Balaban J connectivity index is 2.61. The van der Waals surface area contributed by atoms with Crippen molar-refractivity contribution >= 4 is 27.7 Å². The van der Waals surface area contributed by atoms with E-state index >= 15 is 0 Å². The van der Waals surface area contributed by atoms with Gasteiger partial charge in [-0.2, -0.15) is 5.10 Å². The van der Waals surface area contributed by atoms with Crippen molar-refractivity contribution in [1.82, 2.24) is 14.7 Å². The van der Waals surface area contributed by atoms with Gasteiger partial charge < -0.3 is 10.6 Å². The van der Waals surface area contributed by atoms with Crippen LogP contribution in [0, 0.1) is 0 Å². The molecule has 5 nitrogen and oxygen atoms in total. The standard InChI is InChI=1S/C6H7BrN4O/c1-10-2-11-4(6(10)12)3(7)5(8)9-11/h2H2,1H3,(H2,8,9). The van der Waals surface area contributed by atoms with Gasteiger partial charge in [0.25, 0.3) is 5.91 Å². The number of amides is 1. The number of carbonyl (C=O) groups is 1. The number of anilines is 1. The van der Waals surface area contributed by atoms with Gasteiger partial charge in [0.15, 0.2) is 5.82 Å². The third-order valence-electron chi connectivity index (χ3n) is 1.81. The number of rotatable bonds is 0. The maximum absolute atomic E-state index is 11.4. The molecule has 0 aromatic carbocycles. The summed E-state index contributed by atoms with van der Waals surface area (Å²) in [7, 11) is 1.72. The number of fused-ring (bicyclic) bond motifs is 1. The highest BCUT2D eigenvalue weighted by Gasteiger charge is 2.29. The Hall–Kier alpha value is -1.04. The van der Waals surface area contributed by atoms with Gasteiger partial charge in [0.05, 0.1) is 4.47 Å². The summed E-state index contributed by atoms with van der Waals surface area (Å²) in [6, 6.07) is 0. The summed E-state index contributed by atoms with van der Waals surface area (Å²) in [4.78, 5) is 13.0. The number of aromatic nitrogens is 2. The van der Waals surface area contributed by atoms with E-state index in [0.29, 0.717) is 22.7 Å². The van der Waals surface area contributed by atoms with Gasteiger partial charge in [0.1, 0.15) is 12.4 Å². The predicted octanol–water partition coefficient (Wildman–Crippen LogP) is 0.271. The number of nitrogens with two attached hydrogens (primary N) is 1. The Morgan fingerprint density at radius 1 is 1.67 bits per heavy atom. The Bertz CT molecular complexity index is 359. The molecular weight excluding hydrogens is 224 g/mol. The highest BCUT2D eigenvalue weighted by atomic mass is 79.9. The van der Waals surface area contributed by atoms with Crippen LogP contribution in [0.25, 0.3) is 0 Å². The normalized spacial score (nSPS) is 15.5. The molecule has 2 N–H and O–H groups in total. The molecule has 1 aromatic heterocycles. The second-order valence-corrected chi connectivity index (χ2v) is 3.48. The lowest BCUT2D eigenvalue weighted by Gasteiger charge is -2.04. The van der Waals surface area contributed by atoms with Gasteiger partial charge in [-0.25, -0.2) is 4.68 Å². The zero-order valence-corrected chi connectivity index (χ0v) is 8.00. The summed E-state index contributed by atoms with van der Waals surface area (Å²) in [5, 5.41) is 3.98. The average Bonchev–Trinajstić information content (AvgIpc) is 2.40. The molecule has 1 aliphatic rings. The van der Waals surface area contributed by atoms with Crippen molar-refractivity contribution in [2.45, 2.75) is 6.67 Å². The molecule has 1 amide bonds. The van der Waals surface area contributed by atoms with E-state index in [1.807, 2.05) is 0 Å². The molecule has 0 atom stereocenters. The summed E-state index contributed by atoms with van der Waals surface area (Å²) in [5.41, 5.74) is 6.05. The Labute approximate surface area is 77.3 Å². The van der Waals surface area contributed by atoms with Crippen LogP contribution >= 0.6 is 15.9 Å². The Morgan fingerprint density at radius 2 is 2.33 bits per heavy atom. The number of nitrogen functional groups attached to an aromatic ring is 1. The molecule has 6 heteroatoms. The Morgan fingerprint density at radius 3 is 2.92 bits per heavy atom. The molecule has 0 aliphatic carbocycles. The van der Waals surface area contributed by atoms with Gasteiger partial charge in [-0.15, -0.1) is 0 Å². The van der Waals surface area contributed by atoms with Gasteiger partial charge in [0.2, 0.25) is 0 Å². The first-order chi connectivity index (χ1) is 5.61. The molecule has 0 radical (unpaired) electrons. The monoisotopic (exact) mass is 230 g/mol. The van der Waals surface area contributed by atoms with E-state index in [0.717, 1.165) is 0 Å². The van der Waals surface area contributed by atoms with Crippen molar-refractivity contribution in [3.05, 3.63) is 10.2 Å². The molecule has 0 saturated heterocycles. The summed E-state index contributed by atoms with van der Waals surface area (Å²) in [6.45, 7) is 0.476. The van der Waals surface area contributed by atoms with E-state index in [9.17, 15) is 4.79 Å². The van der Waals surface area contributed by atoms with Crippen molar-refractivity contribution in [1.29, 1.82) is 0 Å². The second-order valence-electron chi connectivity index (χ2n) is 2.69. The number of hydrogen-bond donors (Lipinski definition) is 1. The largest absolute Gasteiger partial charge is 0.381 e. The van der Waals surface area contributed by atoms with E-state index in [1.54, 1.807) is 16.6 Å². The van der Waals surface area contributed by atoms with Crippen LogP contribution in [0.2, 0.25) is 0 Å². The molecule has 1 aromatic rings. The molecule has 2 rings (SSSR count). The lowest BCUT2D eigenvalue weighted by atomic mass is 10.4. The smallest absolute Gasteiger partial charge is 0.274 e. The molecule has 0 saturated carbocycles. The first kappa shape index (κ1) is 7.60. The fourth-order valence-corrected chi connectivity index (χ4v) is 1.66. The van der Waals surface area contributed by atoms with E-state index < -0.39 is 0 Å². The van der Waals surface area contributed by atoms with Crippen LogP contribution in [0.3, 0.4) is 0 Å². The lowest BCUT2D eigenvalue weighted by Crippen LogP contribution is -2.19. The van der Waals surface area contributed by atoms with Crippen LogP contribution in [-0.4, -0.2) is 27.6 Å². The average molecular weight is 231 g/mol. The van der Waals surface area contributed by atoms with Crippen molar-refractivity contribution in [3.63, 3.8) is 0 Å². The first-order valence-corrected chi connectivity index (χ1v) is 4.18. The van der Waals surface area contributed by atoms with E-state index in [4.69, 9.17) is 5.73 Å². The number of nitrogens with zero attached hydrogens (tertiary/aromatic N) is 3. The maximum atomic E-state index is 11.4. The maximum Gasteiger partial charge on any atom is 0.274 e. The molecule has 64 valence electrons. The second kappa shape index (κ2) is 2.22. The highest BCUT2D eigenvalue weighted by Crippen LogP contribution is 2.27. The summed E-state index contributed by atoms with van der Waals surface area (Å²) in [5.74, 6) is 0.317. The molecule has 0 spiro atoms. The van der Waals surface area contributed by atoms with Crippen molar-refractivity contribution in [2.75, 3.05) is 12.8 Å². The molecule has 12 heavy (non-hydrogen) atoms. The van der Waals surface area contributed by atoms with Crippen molar-refractivity contribution in [2.24, 2.45) is 0 Å².